The molecule has 0 bridgehead atoms. The number of nitrogens with zero attached hydrogens (tertiary/aromatic N) is 3. The van der Waals surface area contributed by atoms with Gasteiger partial charge in [-0.15, -0.1) is 11.3 Å². The van der Waals surface area contributed by atoms with Crippen molar-refractivity contribution in [1.82, 2.24) is 20.0 Å². The number of carbonyl (C=O) groups is 1. The van der Waals surface area contributed by atoms with E-state index in [0.717, 1.165) is 46.8 Å². The highest BCUT2D eigenvalue weighted by Crippen LogP contribution is 2.34. The fourth-order valence-electron chi connectivity index (χ4n) is 4.49. The van der Waals surface area contributed by atoms with Crippen molar-refractivity contribution in [1.29, 1.82) is 0 Å². The van der Waals surface area contributed by atoms with E-state index in [0.29, 0.717) is 6.04 Å². The van der Waals surface area contributed by atoms with Gasteiger partial charge in [-0.1, -0.05) is 24.6 Å². The molecule has 160 valence electrons. The molecule has 0 spiro atoms. The number of fused-ring (bicyclic) bond motifs is 1. The minimum Gasteiger partial charge on any atom is -0.395 e. The van der Waals surface area contributed by atoms with Crippen LogP contribution < -0.4 is 5.32 Å². The number of aryl methyl sites for hydroxylation is 2. The summed E-state index contributed by atoms with van der Waals surface area (Å²) < 4.78 is 3.03. The van der Waals surface area contributed by atoms with Crippen molar-refractivity contribution in [2.45, 2.75) is 45.2 Å². The Labute approximate surface area is 181 Å². The first-order chi connectivity index (χ1) is 14.6. The van der Waals surface area contributed by atoms with Gasteiger partial charge in [-0.05, 0) is 49.7 Å². The van der Waals surface area contributed by atoms with Crippen LogP contribution in [0.3, 0.4) is 0 Å². The number of nitrogens with one attached hydrogen (secondary N) is 1. The van der Waals surface area contributed by atoms with Crippen LogP contribution >= 0.6 is 11.3 Å². The predicted molar refractivity (Wildman–Crippen MR) is 121 cm³/mol. The number of likely N-dealkylation sites (tertiary alicyclic amines) is 1. The smallest absolute Gasteiger partial charge is 0.261 e. The zero-order chi connectivity index (χ0) is 21.1. The van der Waals surface area contributed by atoms with E-state index >= 15 is 0 Å². The average molecular weight is 427 g/mol. The minimum absolute atomic E-state index is 0.0488. The fourth-order valence-corrected chi connectivity index (χ4v) is 5.64. The lowest BCUT2D eigenvalue weighted by molar-refractivity contribution is 0.0946. The molecule has 30 heavy (non-hydrogen) atoms. The van der Waals surface area contributed by atoms with Crippen molar-refractivity contribution in [2.24, 2.45) is 7.05 Å². The summed E-state index contributed by atoms with van der Waals surface area (Å²) in [6, 6.07) is 8.69. The second kappa shape index (κ2) is 9.29. The number of benzene rings is 1. The first-order valence-corrected chi connectivity index (χ1v) is 11.5. The number of thiophene rings is 1. The number of amides is 1. The van der Waals surface area contributed by atoms with Gasteiger partial charge in [0.15, 0.2) is 0 Å². The van der Waals surface area contributed by atoms with Crippen LogP contribution in [0.2, 0.25) is 0 Å². The number of hydrogen-bond acceptors (Lipinski definition) is 5. The summed E-state index contributed by atoms with van der Waals surface area (Å²) in [6.45, 7) is 4.28. The van der Waals surface area contributed by atoms with Crippen LogP contribution in [-0.2, 0) is 20.0 Å². The molecule has 1 atom stereocenters. The van der Waals surface area contributed by atoms with Gasteiger partial charge in [0.05, 0.1) is 17.2 Å². The predicted octanol–water partition coefficient (Wildman–Crippen LogP) is 3.26. The Morgan fingerprint density at radius 2 is 2.17 bits per heavy atom. The third-order valence-electron chi connectivity index (χ3n) is 5.98. The minimum atomic E-state index is -0.0780. The first kappa shape index (κ1) is 21.0. The fraction of sp³-hybridized carbons (Fsp3) is 0.478. The van der Waals surface area contributed by atoms with Gasteiger partial charge < -0.3 is 10.4 Å². The zero-order valence-corrected chi connectivity index (χ0v) is 18.5. The van der Waals surface area contributed by atoms with E-state index in [1.807, 2.05) is 23.9 Å². The Balaban J connectivity index is 1.62. The topological polar surface area (TPSA) is 70.4 Å². The molecule has 0 saturated carbocycles. The lowest BCUT2D eigenvalue weighted by Gasteiger charge is -2.36. The summed E-state index contributed by atoms with van der Waals surface area (Å²) in [5.41, 5.74) is 3.51. The molecule has 1 aliphatic heterocycles. The van der Waals surface area contributed by atoms with Gasteiger partial charge in [0.1, 0.15) is 0 Å². The Bertz CT molecular complexity index is 1030. The molecule has 1 aliphatic rings. The van der Waals surface area contributed by atoms with E-state index in [2.05, 4.69) is 40.6 Å². The van der Waals surface area contributed by atoms with Crippen LogP contribution in [0.1, 0.15) is 45.8 Å². The molecule has 2 aromatic heterocycles. The molecule has 7 heteroatoms. The van der Waals surface area contributed by atoms with Crippen molar-refractivity contribution < 1.29 is 9.90 Å². The zero-order valence-electron chi connectivity index (χ0n) is 17.7. The number of carbonyl (C=O) groups excluding carboxylic acids is 1. The molecule has 0 unspecified atom stereocenters. The van der Waals surface area contributed by atoms with Crippen LogP contribution in [0.4, 0.5) is 0 Å². The van der Waals surface area contributed by atoms with E-state index in [9.17, 15) is 4.79 Å². The van der Waals surface area contributed by atoms with Crippen LogP contribution in [0.15, 0.2) is 30.5 Å². The van der Waals surface area contributed by atoms with Crippen molar-refractivity contribution in [3.05, 3.63) is 52.2 Å². The lowest BCUT2D eigenvalue weighted by atomic mass is 9.93. The highest BCUT2D eigenvalue weighted by molar-refractivity contribution is 7.21. The molecule has 3 heterocycles. The Hall–Kier alpha value is -2.22. The molecular weight excluding hydrogens is 396 g/mol. The summed E-state index contributed by atoms with van der Waals surface area (Å²) in [6.07, 6.45) is 6.56. The number of aliphatic hydroxyl groups excluding tert-OH is 1. The number of aromatic nitrogens is 2. The van der Waals surface area contributed by atoms with Gasteiger partial charge in [0.2, 0.25) is 0 Å². The Morgan fingerprint density at radius 3 is 2.93 bits per heavy atom. The van der Waals surface area contributed by atoms with Gasteiger partial charge in [0, 0.05) is 42.6 Å². The van der Waals surface area contributed by atoms with Crippen molar-refractivity contribution in [3.63, 3.8) is 0 Å². The lowest BCUT2D eigenvalue weighted by Crippen LogP contribution is -2.40. The highest BCUT2D eigenvalue weighted by Gasteiger charge is 2.27. The maximum Gasteiger partial charge on any atom is 0.261 e. The van der Waals surface area contributed by atoms with Crippen LogP contribution in [0, 0.1) is 6.92 Å². The van der Waals surface area contributed by atoms with Crippen LogP contribution in [0.25, 0.3) is 10.1 Å². The SMILES string of the molecule is Cc1nn(C)cc1CN1CCCC[C@H]1Cc1c(C(=O)NCCO)sc2ccccc12. The third kappa shape index (κ3) is 4.43. The Morgan fingerprint density at radius 1 is 1.33 bits per heavy atom. The molecule has 6 nitrogen and oxygen atoms in total. The van der Waals surface area contributed by atoms with Gasteiger partial charge in [-0.2, -0.15) is 5.10 Å². The quantitative estimate of drug-likeness (QED) is 0.608. The largest absolute Gasteiger partial charge is 0.395 e. The Kier molecular flexibility index (Phi) is 6.51. The van der Waals surface area contributed by atoms with Gasteiger partial charge in [-0.25, -0.2) is 0 Å². The van der Waals surface area contributed by atoms with Crippen LogP contribution in [-0.4, -0.2) is 51.4 Å². The van der Waals surface area contributed by atoms with E-state index in [1.165, 1.54) is 23.8 Å². The highest BCUT2D eigenvalue weighted by atomic mass is 32.1. The second-order valence-electron chi connectivity index (χ2n) is 8.12. The number of hydrogen-bond donors (Lipinski definition) is 2. The molecule has 0 aliphatic carbocycles. The molecular formula is C23H30N4O2S. The standard InChI is InChI=1S/C23H30N4O2S/c1-16-17(14-26(2)25-16)15-27-11-6-5-7-18(27)13-20-19-8-3-4-9-21(19)30-22(20)23(29)24-10-12-28/h3-4,8-9,14,18,28H,5-7,10-13,15H2,1-2H3,(H,24,29)/t18-/m0/s1. The van der Waals surface area contributed by atoms with E-state index in [1.54, 1.807) is 11.3 Å². The number of piperidine rings is 1. The molecule has 2 N–H and O–H groups in total. The van der Waals surface area contributed by atoms with Crippen molar-refractivity contribution in [2.75, 3.05) is 19.7 Å². The maximum atomic E-state index is 12.8. The number of aliphatic hydroxyl groups is 1. The molecule has 1 aromatic carbocycles. The third-order valence-corrected chi connectivity index (χ3v) is 7.19. The molecule has 0 radical (unpaired) electrons. The van der Waals surface area contributed by atoms with Crippen LogP contribution in [0.5, 0.6) is 0 Å². The van der Waals surface area contributed by atoms with Gasteiger partial charge in [-0.3, -0.25) is 14.4 Å². The average Bonchev–Trinajstić information content (AvgIpc) is 3.27. The summed E-state index contributed by atoms with van der Waals surface area (Å²) in [5, 5.41) is 17.6. The summed E-state index contributed by atoms with van der Waals surface area (Å²) in [7, 11) is 1.97. The van der Waals surface area contributed by atoms with Gasteiger partial charge in [0.25, 0.3) is 5.91 Å². The van der Waals surface area contributed by atoms with Crippen molar-refractivity contribution in [3.8, 4) is 0 Å². The normalized spacial score (nSPS) is 17.5. The maximum absolute atomic E-state index is 12.8. The van der Waals surface area contributed by atoms with E-state index in [-0.39, 0.29) is 19.1 Å². The monoisotopic (exact) mass is 426 g/mol. The molecule has 3 aromatic rings. The molecule has 1 amide bonds. The number of rotatable bonds is 7. The van der Waals surface area contributed by atoms with E-state index in [4.69, 9.17) is 5.11 Å². The van der Waals surface area contributed by atoms with Gasteiger partial charge >= 0.3 is 0 Å². The summed E-state index contributed by atoms with van der Waals surface area (Å²) in [5.74, 6) is -0.0780. The summed E-state index contributed by atoms with van der Waals surface area (Å²) in [4.78, 5) is 16.2. The molecule has 1 saturated heterocycles. The first-order valence-electron chi connectivity index (χ1n) is 10.7. The molecule has 4 rings (SSSR count). The van der Waals surface area contributed by atoms with Crippen molar-refractivity contribution >= 4 is 27.3 Å². The summed E-state index contributed by atoms with van der Waals surface area (Å²) >= 11 is 1.56. The van der Waals surface area contributed by atoms with E-state index < -0.39 is 0 Å². The second-order valence-corrected chi connectivity index (χ2v) is 9.18. The molecule has 1 fully saturated rings.